The normalized spacial score (nSPS) is 39.6. The molecule has 1 heterocycles. The molecule has 0 bridgehead atoms. The van der Waals surface area contributed by atoms with Crippen LogP contribution in [0.2, 0.25) is 0 Å². The zero-order valence-electron chi connectivity index (χ0n) is 8.83. The number of aliphatic hydroxyl groups is 1. The van der Waals surface area contributed by atoms with Crippen molar-refractivity contribution in [1.82, 2.24) is 4.90 Å². The first-order valence-corrected chi connectivity index (χ1v) is 5.54. The number of carbonyl (C=O) groups excluding carboxylic acids is 1. The average Bonchev–Trinajstić information content (AvgIpc) is 2.61. The lowest BCUT2D eigenvalue weighted by atomic mass is 10.1. The van der Waals surface area contributed by atoms with Crippen molar-refractivity contribution in [1.29, 1.82) is 0 Å². The van der Waals surface area contributed by atoms with Crippen LogP contribution in [0.3, 0.4) is 0 Å². The molecule has 3 nitrogen and oxygen atoms in total. The summed E-state index contributed by atoms with van der Waals surface area (Å²) >= 11 is 0. The van der Waals surface area contributed by atoms with Gasteiger partial charge in [-0.2, -0.15) is 0 Å². The Morgan fingerprint density at radius 2 is 2.43 bits per heavy atom. The Hall–Kier alpha value is -0.410. The van der Waals surface area contributed by atoms with Gasteiger partial charge >= 0.3 is 0 Å². The summed E-state index contributed by atoms with van der Waals surface area (Å²) in [7, 11) is 0. The fourth-order valence-electron chi connectivity index (χ4n) is 2.59. The van der Waals surface area contributed by atoms with Crippen LogP contribution in [0.4, 0.5) is 0 Å². The molecule has 2 fully saturated rings. The molecule has 1 saturated heterocycles. The second kappa shape index (κ2) is 3.63. The van der Waals surface area contributed by atoms with E-state index in [1.54, 1.807) is 0 Å². The molecule has 2 rings (SSSR count). The predicted octanol–water partition coefficient (Wildman–Crippen LogP) is 0.812. The van der Waals surface area contributed by atoms with E-state index < -0.39 is 5.60 Å². The first kappa shape index (κ1) is 10.1. The van der Waals surface area contributed by atoms with Crippen molar-refractivity contribution in [3.63, 3.8) is 0 Å². The predicted molar refractivity (Wildman–Crippen MR) is 54.0 cm³/mol. The van der Waals surface area contributed by atoms with Crippen LogP contribution in [0.15, 0.2) is 0 Å². The number of nitrogens with zero attached hydrogens (tertiary/aromatic N) is 1. The second-order valence-corrected chi connectivity index (χ2v) is 5.04. The molecule has 0 aromatic heterocycles. The van der Waals surface area contributed by atoms with Gasteiger partial charge in [0, 0.05) is 32.0 Å². The van der Waals surface area contributed by atoms with Gasteiger partial charge in [-0.3, -0.25) is 9.69 Å². The summed E-state index contributed by atoms with van der Waals surface area (Å²) in [6.07, 6.45) is 3.73. The Balaban J connectivity index is 1.84. The van der Waals surface area contributed by atoms with Crippen molar-refractivity contribution >= 4 is 5.78 Å². The number of Topliss-reactive ketones (excluding diaryl/α,β-unsaturated/α-hetero) is 1. The lowest BCUT2D eigenvalue weighted by Gasteiger charge is -2.21. The third-order valence-electron chi connectivity index (χ3n) is 3.44. The Labute approximate surface area is 85.1 Å². The highest BCUT2D eigenvalue weighted by molar-refractivity contribution is 5.83. The average molecular weight is 197 g/mol. The van der Waals surface area contributed by atoms with Gasteiger partial charge in [-0.1, -0.05) is 0 Å². The van der Waals surface area contributed by atoms with Gasteiger partial charge in [0.25, 0.3) is 0 Å². The van der Waals surface area contributed by atoms with Gasteiger partial charge in [0.05, 0.1) is 5.60 Å². The molecule has 1 saturated carbocycles. The number of rotatable bonds is 2. The van der Waals surface area contributed by atoms with E-state index in [2.05, 4.69) is 4.90 Å². The van der Waals surface area contributed by atoms with Gasteiger partial charge < -0.3 is 5.11 Å². The van der Waals surface area contributed by atoms with Crippen LogP contribution in [0.25, 0.3) is 0 Å². The minimum absolute atomic E-state index is 0.254. The van der Waals surface area contributed by atoms with Crippen LogP contribution in [0.5, 0.6) is 0 Å². The highest BCUT2D eigenvalue weighted by Crippen LogP contribution is 2.26. The number of hydrogen-bond donors (Lipinski definition) is 1. The molecule has 0 aromatic rings. The van der Waals surface area contributed by atoms with Crippen LogP contribution in [0.1, 0.15) is 32.6 Å². The summed E-state index contributed by atoms with van der Waals surface area (Å²) in [6, 6.07) is 0. The van der Waals surface area contributed by atoms with Gasteiger partial charge in [-0.15, -0.1) is 0 Å². The molecule has 0 radical (unpaired) electrons. The van der Waals surface area contributed by atoms with Crippen LogP contribution < -0.4 is 0 Å². The molecule has 80 valence electrons. The van der Waals surface area contributed by atoms with Gasteiger partial charge in [-0.25, -0.2) is 0 Å². The molecule has 3 heteroatoms. The Kier molecular flexibility index (Phi) is 2.62. The monoisotopic (exact) mass is 197 g/mol. The van der Waals surface area contributed by atoms with Crippen LogP contribution >= 0.6 is 0 Å². The van der Waals surface area contributed by atoms with Crippen LogP contribution in [-0.2, 0) is 4.79 Å². The van der Waals surface area contributed by atoms with Crippen LogP contribution in [0, 0.1) is 5.92 Å². The second-order valence-electron chi connectivity index (χ2n) is 5.04. The largest absolute Gasteiger partial charge is 0.389 e. The number of β-amino-alcohol motifs (C(OH)–C–C–N with tert-alkyl or cyclic N) is 1. The summed E-state index contributed by atoms with van der Waals surface area (Å²) in [5.74, 6) is 0.681. The molecule has 2 atom stereocenters. The minimum atomic E-state index is -0.526. The maximum atomic E-state index is 11.4. The standard InChI is InChI=1S/C11H19NO2/c1-11(14)5-6-12(8-11)7-9-3-2-4-10(9)13/h9,14H,2-8H2,1H3. The molecule has 14 heavy (non-hydrogen) atoms. The molecule has 0 amide bonds. The highest BCUT2D eigenvalue weighted by atomic mass is 16.3. The summed E-state index contributed by atoms with van der Waals surface area (Å²) in [5, 5.41) is 9.78. The third-order valence-corrected chi connectivity index (χ3v) is 3.44. The van der Waals surface area contributed by atoms with E-state index in [0.29, 0.717) is 5.78 Å². The van der Waals surface area contributed by atoms with E-state index in [4.69, 9.17) is 0 Å². The molecular formula is C11H19NO2. The number of likely N-dealkylation sites (tertiary alicyclic amines) is 1. The van der Waals surface area contributed by atoms with Gasteiger partial charge in [0.2, 0.25) is 0 Å². The SMILES string of the molecule is CC1(O)CCN(CC2CCCC2=O)C1. The van der Waals surface area contributed by atoms with Crippen molar-refractivity contribution in [3.8, 4) is 0 Å². The fraction of sp³-hybridized carbons (Fsp3) is 0.909. The zero-order chi connectivity index (χ0) is 10.2. The Morgan fingerprint density at radius 3 is 2.93 bits per heavy atom. The number of carbonyl (C=O) groups is 1. The fourth-order valence-corrected chi connectivity index (χ4v) is 2.59. The Morgan fingerprint density at radius 1 is 1.64 bits per heavy atom. The molecule has 0 aromatic carbocycles. The highest BCUT2D eigenvalue weighted by Gasteiger charge is 2.34. The molecule has 1 aliphatic carbocycles. The van der Waals surface area contributed by atoms with E-state index in [1.165, 1.54) is 0 Å². The van der Waals surface area contributed by atoms with Gasteiger partial charge in [-0.05, 0) is 26.2 Å². The lowest BCUT2D eigenvalue weighted by molar-refractivity contribution is -0.121. The number of ketones is 1. The summed E-state index contributed by atoms with van der Waals surface area (Å²) < 4.78 is 0. The molecule has 2 aliphatic rings. The molecule has 1 aliphatic heterocycles. The summed E-state index contributed by atoms with van der Waals surface area (Å²) in [6.45, 7) is 4.42. The summed E-state index contributed by atoms with van der Waals surface area (Å²) in [5.41, 5.74) is -0.526. The number of hydrogen-bond acceptors (Lipinski definition) is 3. The van der Waals surface area contributed by atoms with E-state index in [-0.39, 0.29) is 5.92 Å². The van der Waals surface area contributed by atoms with Crippen molar-refractivity contribution < 1.29 is 9.90 Å². The van der Waals surface area contributed by atoms with Crippen molar-refractivity contribution in [2.75, 3.05) is 19.6 Å². The first-order valence-electron chi connectivity index (χ1n) is 5.54. The van der Waals surface area contributed by atoms with Crippen molar-refractivity contribution in [2.24, 2.45) is 5.92 Å². The maximum absolute atomic E-state index is 11.4. The van der Waals surface area contributed by atoms with E-state index in [1.807, 2.05) is 6.92 Å². The van der Waals surface area contributed by atoms with Gasteiger partial charge in [0.15, 0.2) is 0 Å². The molecular weight excluding hydrogens is 178 g/mol. The topological polar surface area (TPSA) is 40.5 Å². The van der Waals surface area contributed by atoms with Gasteiger partial charge in [0.1, 0.15) is 5.78 Å². The smallest absolute Gasteiger partial charge is 0.137 e. The minimum Gasteiger partial charge on any atom is -0.389 e. The van der Waals surface area contributed by atoms with Crippen molar-refractivity contribution in [2.45, 2.75) is 38.2 Å². The van der Waals surface area contributed by atoms with Crippen molar-refractivity contribution in [3.05, 3.63) is 0 Å². The third kappa shape index (κ3) is 2.15. The Bertz CT molecular complexity index is 237. The van der Waals surface area contributed by atoms with E-state index in [9.17, 15) is 9.90 Å². The zero-order valence-corrected chi connectivity index (χ0v) is 8.83. The maximum Gasteiger partial charge on any atom is 0.137 e. The first-order chi connectivity index (χ1) is 6.57. The molecule has 1 N–H and O–H groups in total. The van der Waals surface area contributed by atoms with E-state index in [0.717, 1.165) is 45.3 Å². The lowest BCUT2D eigenvalue weighted by Crippen LogP contribution is -2.33. The van der Waals surface area contributed by atoms with E-state index >= 15 is 0 Å². The summed E-state index contributed by atoms with van der Waals surface area (Å²) in [4.78, 5) is 13.7. The van der Waals surface area contributed by atoms with Crippen LogP contribution in [-0.4, -0.2) is 41.0 Å². The molecule has 0 spiro atoms. The quantitative estimate of drug-likeness (QED) is 0.712. The molecule has 2 unspecified atom stereocenters.